The average Bonchev–Trinajstić information content (AvgIpc) is 3.20. The van der Waals surface area contributed by atoms with Crippen LogP contribution in [-0.2, 0) is 11.3 Å². The third kappa shape index (κ3) is 5.90. The van der Waals surface area contributed by atoms with Crippen LogP contribution in [0.2, 0.25) is 0 Å². The predicted octanol–water partition coefficient (Wildman–Crippen LogP) is 3.51. The van der Waals surface area contributed by atoms with Crippen molar-refractivity contribution < 1.29 is 9.59 Å². The van der Waals surface area contributed by atoms with Crippen molar-refractivity contribution in [3.05, 3.63) is 69.9 Å². The highest BCUT2D eigenvalue weighted by atomic mass is 32.2. The Morgan fingerprint density at radius 2 is 1.89 bits per heavy atom. The lowest BCUT2D eigenvalue weighted by atomic mass is 10.1. The molecule has 2 N–H and O–H groups in total. The molecule has 2 amide bonds. The van der Waals surface area contributed by atoms with E-state index in [1.165, 1.54) is 11.8 Å². The standard InChI is InChI=1S/C19H18N4O2S2/c1-13-4-6-14(7-5-13)19(25)21-16-8-9-18(23-22-16)27-12-17(24)20-11-15-3-2-10-26-15/h2-10H,11-12H2,1H3,(H,20,24)(H,21,22,25). The zero-order valence-corrected chi connectivity index (χ0v) is 16.3. The molecule has 2 aromatic heterocycles. The highest BCUT2D eigenvalue weighted by Crippen LogP contribution is 2.16. The van der Waals surface area contributed by atoms with Gasteiger partial charge in [-0.2, -0.15) is 0 Å². The van der Waals surface area contributed by atoms with E-state index < -0.39 is 0 Å². The molecule has 8 heteroatoms. The number of carbonyl (C=O) groups is 2. The maximum atomic E-state index is 12.2. The first-order valence-electron chi connectivity index (χ1n) is 8.24. The molecular weight excluding hydrogens is 380 g/mol. The summed E-state index contributed by atoms with van der Waals surface area (Å²) in [6.45, 7) is 2.50. The predicted molar refractivity (Wildman–Crippen MR) is 108 cm³/mol. The number of aromatic nitrogens is 2. The third-order valence-corrected chi connectivity index (χ3v) is 5.38. The van der Waals surface area contributed by atoms with Gasteiger partial charge in [-0.25, -0.2) is 0 Å². The van der Waals surface area contributed by atoms with Crippen LogP contribution >= 0.6 is 23.1 Å². The number of rotatable bonds is 7. The molecule has 0 spiro atoms. The Bertz CT molecular complexity index is 894. The molecule has 0 fully saturated rings. The largest absolute Gasteiger partial charge is 0.350 e. The van der Waals surface area contributed by atoms with Gasteiger partial charge in [0.05, 0.1) is 12.3 Å². The number of hydrogen-bond donors (Lipinski definition) is 2. The second kappa shape index (κ2) is 9.29. The minimum absolute atomic E-state index is 0.0630. The van der Waals surface area contributed by atoms with Crippen molar-refractivity contribution in [2.75, 3.05) is 11.1 Å². The van der Waals surface area contributed by atoms with E-state index in [0.717, 1.165) is 10.4 Å². The van der Waals surface area contributed by atoms with Gasteiger partial charge in [0.1, 0.15) is 5.03 Å². The molecule has 2 heterocycles. The van der Waals surface area contributed by atoms with Crippen LogP contribution in [0.4, 0.5) is 5.82 Å². The summed E-state index contributed by atoms with van der Waals surface area (Å²) >= 11 is 2.90. The quantitative estimate of drug-likeness (QED) is 0.595. The SMILES string of the molecule is Cc1ccc(C(=O)Nc2ccc(SCC(=O)NCc3cccs3)nn2)cc1. The van der Waals surface area contributed by atoms with E-state index in [2.05, 4.69) is 20.8 Å². The fourth-order valence-electron chi connectivity index (χ4n) is 2.15. The van der Waals surface area contributed by atoms with E-state index in [1.807, 2.05) is 36.6 Å². The van der Waals surface area contributed by atoms with Crippen molar-refractivity contribution in [1.82, 2.24) is 15.5 Å². The number of nitrogens with one attached hydrogen (secondary N) is 2. The summed E-state index contributed by atoms with van der Waals surface area (Å²) in [5, 5.41) is 16.2. The molecule has 0 aliphatic rings. The summed E-state index contributed by atoms with van der Waals surface area (Å²) in [4.78, 5) is 25.1. The van der Waals surface area contributed by atoms with E-state index in [4.69, 9.17) is 0 Å². The number of carbonyl (C=O) groups excluding carboxylic acids is 2. The van der Waals surface area contributed by atoms with Gasteiger partial charge in [-0.05, 0) is 42.6 Å². The van der Waals surface area contributed by atoms with Gasteiger partial charge in [0.15, 0.2) is 5.82 Å². The van der Waals surface area contributed by atoms with E-state index in [-0.39, 0.29) is 17.6 Å². The first-order valence-corrected chi connectivity index (χ1v) is 10.1. The van der Waals surface area contributed by atoms with Crippen LogP contribution in [0.1, 0.15) is 20.8 Å². The Balaban J connectivity index is 1.46. The van der Waals surface area contributed by atoms with E-state index in [0.29, 0.717) is 23.0 Å². The van der Waals surface area contributed by atoms with Gasteiger partial charge in [-0.3, -0.25) is 9.59 Å². The molecule has 0 aliphatic heterocycles. The summed E-state index contributed by atoms with van der Waals surface area (Å²) in [6.07, 6.45) is 0. The number of benzene rings is 1. The number of nitrogens with zero attached hydrogens (tertiary/aromatic N) is 2. The van der Waals surface area contributed by atoms with Crippen LogP contribution in [0.5, 0.6) is 0 Å². The summed E-state index contributed by atoms with van der Waals surface area (Å²) in [6, 6.07) is 14.6. The van der Waals surface area contributed by atoms with Crippen LogP contribution in [-0.4, -0.2) is 27.8 Å². The Hall–Kier alpha value is -2.71. The zero-order chi connectivity index (χ0) is 19.1. The fourth-order valence-corrected chi connectivity index (χ4v) is 3.43. The molecule has 0 atom stereocenters. The van der Waals surface area contributed by atoms with E-state index in [9.17, 15) is 9.59 Å². The minimum Gasteiger partial charge on any atom is -0.350 e. The van der Waals surface area contributed by atoms with E-state index in [1.54, 1.807) is 35.6 Å². The van der Waals surface area contributed by atoms with Gasteiger partial charge in [0.25, 0.3) is 5.91 Å². The normalized spacial score (nSPS) is 10.4. The lowest BCUT2D eigenvalue weighted by Gasteiger charge is -2.05. The lowest BCUT2D eigenvalue weighted by molar-refractivity contribution is -0.118. The second-order valence-corrected chi connectivity index (χ2v) is 7.75. The molecule has 0 radical (unpaired) electrons. The molecular formula is C19H18N4O2S2. The van der Waals surface area contributed by atoms with Crippen LogP contribution in [0, 0.1) is 6.92 Å². The Morgan fingerprint density at radius 1 is 1.07 bits per heavy atom. The summed E-state index contributed by atoms with van der Waals surface area (Å²) in [5.41, 5.74) is 1.65. The number of thioether (sulfide) groups is 1. The van der Waals surface area contributed by atoms with Crippen molar-refractivity contribution in [1.29, 1.82) is 0 Å². The molecule has 3 aromatic rings. The van der Waals surface area contributed by atoms with Crippen molar-refractivity contribution in [3.63, 3.8) is 0 Å². The number of amides is 2. The monoisotopic (exact) mass is 398 g/mol. The van der Waals surface area contributed by atoms with Gasteiger partial charge in [0, 0.05) is 10.4 Å². The zero-order valence-electron chi connectivity index (χ0n) is 14.6. The maximum absolute atomic E-state index is 12.2. The van der Waals surface area contributed by atoms with Gasteiger partial charge >= 0.3 is 0 Å². The molecule has 6 nitrogen and oxygen atoms in total. The molecule has 0 aliphatic carbocycles. The van der Waals surface area contributed by atoms with Crippen molar-refractivity contribution in [2.24, 2.45) is 0 Å². The highest BCUT2D eigenvalue weighted by Gasteiger charge is 2.08. The highest BCUT2D eigenvalue weighted by molar-refractivity contribution is 7.99. The van der Waals surface area contributed by atoms with Crippen molar-refractivity contribution >= 4 is 40.7 Å². The summed E-state index contributed by atoms with van der Waals surface area (Å²) in [5.74, 6) is 0.325. The minimum atomic E-state index is -0.238. The Kier molecular flexibility index (Phi) is 6.56. The fraction of sp³-hybridized carbons (Fsp3) is 0.158. The Morgan fingerprint density at radius 3 is 2.56 bits per heavy atom. The Labute approximate surface area is 165 Å². The molecule has 0 bridgehead atoms. The van der Waals surface area contributed by atoms with Crippen molar-refractivity contribution in [3.8, 4) is 0 Å². The molecule has 138 valence electrons. The maximum Gasteiger partial charge on any atom is 0.256 e. The van der Waals surface area contributed by atoms with Crippen LogP contribution < -0.4 is 10.6 Å². The third-order valence-electron chi connectivity index (χ3n) is 3.59. The van der Waals surface area contributed by atoms with Gasteiger partial charge in [-0.15, -0.1) is 21.5 Å². The van der Waals surface area contributed by atoms with E-state index >= 15 is 0 Å². The number of anilines is 1. The second-order valence-electron chi connectivity index (χ2n) is 5.72. The molecule has 0 saturated carbocycles. The van der Waals surface area contributed by atoms with Gasteiger partial charge < -0.3 is 10.6 Å². The van der Waals surface area contributed by atoms with Crippen LogP contribution in [0.25, 0.3) is 0 Å². The number of hydrogen-bond acceptors (Lipinski definition) is 6. The molecule has 27 heavy (non-hydrogen) atoms. The number of thiophene rings is 1. The number of aryl methyl sites for hydroxylation is 1. The lowest BCUT2D eigenvalue weighted by Crippen LogP contribution is -2.24. The van der Waals surface area contributed by atoms with Crippen LogP contribution in [0.3, 0.4) is 0 Å². The molecule has 0 saturated heterocycles. The molecule has 3 rings (SSSR count). The summed E-state index contributed by atoms with van der Waals surface area (Å²) < 4.78 is 0. The van der Waals surface area contributed by atoms with Crippen molar-refractivity contribution in [2.45, 2.75) is 18.5 Å². The van der Waals surface area contributed by atoms with Crippen LogP contribution in [0.15, 0.2) is 58.9 Å². The smallest absolute Gasteiger partial charge is 0.256 e. The summed E-state index contributed by atoms with van der Waals surface area (Å²) in [7, 11) is 0. The first kappa shape index (κ1) is 19.1. The molecule has 1 aromatic carbocycles. The first-order chi connectivity index (χ1) is 13.1. The van der Waals surface area contributed by atoms with Gasteiger partial charge in [0.2, 0.25) is 5.91 Å². The average molecular weight is 399 g/mol. The molecule has 0 unspecified atom stereocenters. The van der Waals surface area contributed by atoms with Gasteiger partial charge in [-0.1, -0.05) is 35.5 Å². The topological polar surface area (TPSA) is 84.0 Å².